The third-order valence-electron chi connectivity index (χ3n) is 2.53. The van der Waals surface area contributed by atoms with Crippen LogP contribution in [0.15, 0.2) is 24.3 Å². The lowest BCUT2D eigenvalue weighted by molar-refractivity contribution is -0.00123. The van der Waals surface area contributed by atoms with Gasteiger partial charge in [-0.05, 0) is 18.4 Å². The molecule has 0 bridgehead atoms. The molecule has 1 aromatic rings. The van der Waals surface area contributed by atoms with Gasteiger partial charge in [0.1, 0.15) is 6.10 Å². The summed E-state index contributed by atoms with van der Waals surface area (Å²) in [5, 5.41) is 9.92. The summed E-state index contributed by atoms with van der Waals surface area (Å²) in [6.07, 6.45) is -0.560. The fraction of sp³-hybridized carbons (Fsp3) is 0.600. The minimum Gasteiger partial charge on any atom is -0.386 e. The average molecular weight is 252 g/mol. The third kappa shape index (κ3) is 6.15. The van der Waals surface area contributed by atoms with Gasteiger partial charge in [0.25, 0.3) is 0 Å². The van der Waals surface area contributed by atoms with Gasteiger partial charge in [0.15, 0.2) is 0 Å². The topological polar surface area (TPSA) is 38.7 Å². The first-order valence-electron chi connectivity index (χ1n) is 6.49. The fourth-order valence-electron chi connectivity index (χ4n) is 1.61. The number of aryl methyl sites for hydroxylation is 1. The van der Waals surface area contributed by atoms with Crippen LogP contribution < -0.4 is 0 Å². The first kappa shape index (κ1) is 15.2. The van der Waals surface area contributed by atoms with Gasteiger partial charge < -0.3 is 14.6 Å². The van der Waals surface area contributed by atoms with Crippen molar-refractivity contribution in [3.05, 3.63) is 35.4 Å². The quantitative estimate of drug-likeness (QED) is 0.723. The van der Waals surface area contributed by atoms with Gasteiger partial charge in [-0.15, -0.1) is 0 Å². The highest BCUT2D eigenvalue weighted by atomic mass is 16.5. The molecule has 0 aromatic heterocycles. The standard InChI is InChI=1S/C15H24O3/c1-12(2)10-17-7-8-18-11-15(16)14-6-4-5-13(3)9-14/h4-6,9,12,15-16H,7-8,10-11H2,1-3H3. The van der Waals surface area contributed by atoms with Gasteiger partial charge in [0.05, 0.1) is 19.8 Å². The molecule has 1 N–H and O–H groups in total. The fourth-order valence-corrected chi connectivity index (χ4v) is 1.61. The van der Waals surface area contributed by atoms with Gasteiger partial charge in [0, 0.05) is 6.61 Å². The summed E-state index contributed by atoms with van der Waals surface area (Å²) in [7, 11) is 0. The molecule has 18 heavy (non-hydrogen) atoms. The molecule has 0 aliphatic heterocycles. The van der Waals surface area contributed by atoms with Crippen molar-refractivity contribution in [3.8, 4) is 0 Å². The monoisotopic (exact) mass is 252 g/mol. The lowest BCUT2D eigenvalue weighted by atomic mass is 10.1. The number of aliphatic hydroxyl groups is 1. The molecular weight excluding hydrogens is 228 g/mol. The summed E-state index contributed by atoms with van der Waals surface area (Å²) in [5.41, 5.74) is 2.05. The Hall–Kier alpha value is -0.900. The summed E-state index contributed by atoms with van der Waals surface area (Å²) in [4.78, 5) is 0. The van der Waals surface area contributed by atoms with E-state index in [0.29, 0.717) is 25.7 Å². The lowest BCUT2D eigenvalue weighted by Crippen LogP contribution is -2.12. The van der Waals surface area contributed by atoms with Crippen LogP contribution in [0, 0.1) is 12.8 Å². The van der Waals surface area contributed by atoms with E-state index in [1.54, 1.807) is 0 Å². The molecular formula is C15H24O3. The van der Waals surface area contributed by atoms with Gasteiger partial charge in [-0.3, -0.25) is 0 Å². The van der Waals surface area contributed by atoms with Crippen LogP contribution in [0.5, 0.6) is 0 Å². The zero-order valence-electron chi connectivity index (χ0n) is 11.6. The van der Waals surface area contributed by atoms with Crippen molar-refractivity contribution in [3.63, 3.8) is 0 Å². The maximum absolute atomic E-state index is 9.92. The highest BCUT2D eigenvalue weighted by Crippen LogP contribution is 2.14. The molecule has 102 valence electrons. The first-order chi connectivity index (χ1) is 8.59. The molecule has 1 aromatic carbocycles. The highest BCUT2D eigenvalue weighted by molar-refractivity contribution is 5.23. The largest absolute Gasteiger partial charge is 0.386 e. The molecule has 0 saturated heterocycles. The Kier molecular flexibility index (Phi) is 6.94. The van der Waals surface area contributed by atoms with E-state index in [4.69, 9.17) is 9.47 Å². The zero-order valence-corrected chi connectivity index (χ0v) is 11.6. The van der Waals surface area contributed by atoms with Crippen LogP contribution >= 0.6 is 0 Å². The summed E-state index contributed by atoms with van der Waals surface area (Å²) in [6, 6.07) is 7.84. The van der Waals surface area contributed by atoms with Gasteiger partial charge in [-0.1, -0.05) is 43.7 Å². The molecule has 0 aliphatic carbocycles. The van der Waals surface area contributed by atoms with Gasteiger partial charge in [-0.2, -0.15) is 0 Å². The highest BCUT2D eigenvalue weighted by Gasteiger charge is 2.07. The van der Waals surface area contributed by atoms with E-state index in [9.17, 15) is 5.11 Å². The van der Waals surface area contributed by atoms with Crippen LogP contribution in [-0.2, 0) is 9.47 Å². The summed E-state index contributed by atoms with van der Waals surface area (Å²) < 4.78 is 10.8. The lowest BCUT2D eigenvalue weighted by Gasteiger charge is -2.12. The molecule has 0 amide bonds. The maximum atomic E-state index is 9.92. The Bertz CT molecular complexity index is 336. The first-order valence-corrected chi connectivity index (χ1v) is 6.49. The van der Waals surface area contributed by atoms with E-state index in [-0.39, 0.29) is 0 Å². The normalized spacial score (nSPS) is 12.9. The smallest absolute Gasteiger partial charge is 0.102 e. The summed E-state index contributed by atoms with van der Waals surface area (Å²) in [6.45, 7) is 8.41. The van der Waals surface area contributed by atoms with E-state index in [1.165, 1.54) is 0 Å². The number of ether oxygens (including phenoxy) is 2. The van der Waals surface area contributed by atoms with Crippen LogP contribution in [0.1, 0.15) is 31.1 Å². The molecule has 1 unspecified atom stereocenters. The summed E-state index contributed by atoms with van der Waals surface area (Å²) >= 11 is 0. The molecule has 0 heterocycles. The number of hydrogen-bond acceptors (Lipinski definition) is 3. The van der Waals surface area contributed by atoms with E-state index in [2.05, 4.69) is 13.8 Å². The summed E-state index contributed by atoms with van der Waals surface area (Å²) in [5.74, 6) is 0.544. The second-order valence-corrected chi connectivity index (χ2v) is 4.97. The Morgan fingerprint density at radius 3 is 2.39 bits per heavy atom. The zero-order chi connectivity index (χ0) is 13.4. The van der Waals surface area contributed by atoms with Gasteiger partial charge in [-0.25, -0.2) is 0 Å². The minimum atomic E-state index is -0.560. The van der Waals surface area contributed by atoms with E-state index in [1.807, 2.05) is 31.2 Å². The van der Waals surface area contributed by atoms with Crippen molar-refractivity contribution in [1.82, 2.24) is 0 Å². The molecule has 0 saturated carbocycles. The molecule has 0 spiro atoms. The van der Waals surface area contributed by atoms with Crippen molar-refractivity contribution in [2.45, 2.75) is 26.9 Å². The molecule has 1 atom stereocenters. The Balaban J connectivity index is 2.15. The van der Waals surface area contributed by atoms with Crippen LogP contribution in [0.3, 0.4) is 0 Å². The average Bonchev–Trinajstić information content (AvgIpc) is 2.33. The van der Waals surface area contributed by atoms with E-state index in [0.717, 1.165) is 17.7 Å². The predicted molar refractivity (Wildman–Crippen MR) is 72.6 cm³/mol. The molecule has 3 heteroatoms. The third-order valence-corrected chi connectivity index (χ3v) is 2.53. The van der Waals surface area contributed by atoms with Gasteiger partial charge in [0.2, 0.25) is 0 Å². The van der Waals surface area contributed by atoms with E-state index < -0.39 is 6.10 Å². The molecule has 0 aliphatic rings. The van der Waals surface area contributed by atoms with Crippen molar-refractivity contribution in [2.24, 2.45) is 5.92 Å². The van der Waals surface area contributed by atoms with E-state index >= 15 is 0 Å². The van der Waals surface area contributed by atoms with Crippen molar-refractivity contribution >= 4 is 0 Å². The van der Waals surface area contributed by atoms with Crippen LogP contribution in [-0.4, -0.2) is 31.5 Å². The van der Waals surface area contributed by atoms with Crippen LogP contribution in [0.25, 0.3) is 0 Å². The molecule has 0 fully saturated rings. The van der Waals surface area contributed by atoms with Gasteiger partial charge >= 0.3 is 0 Å². The second-order valence-electron chi connectivity index (χ2n) is 4.97. The number of aliphatic hydroxyl groups excluding tert-OH is 1. The molecule has 1 rings (SSSR count). The maximum Gasteiger partial charge on any atom is 0.102 e. The minimum absolute atomic E-state index is 0.314. The Morgan fingerprint density at radius 1 is 1.11 bits per heavy atom. The second kappa shape index (κ2) is 8.25. The van der Waals surface area contributed by atoms with Crippen molar-refractivity contribution in [1.29, 1.82) is 0 Å². The Morgan fingerprint density at radius 2 is 1.78 bits per heavy atom. The number of rotatable bonds is 8. The molecule has 3 nitrogen and oxygen atoms in total. The SMILES string of the molecule is Cc1cccc(C(O)COCCOCC(C)C)c1. The number of hydrogen-bond donors (Lipinski definition) is 1. The van der Waals surface area contributed by atoms with Crippen molar-refractivity contribution < 1.29 is 14.6 Å². The molecule has 0 radical (unpaired) electrons. The number of benzene rings is 1. The Labute approximate surface area is 110 Å². The van der Waals surface area contributed by atoms with Crippen molar-refractivity contribution in [2.75, 3.05) is 26.4 Å². The van der Waals surface area contributed by atoms with Crippen LogP contribution in [0.4, 0.5) is 0 Å². The van der Waals surface area contributed by atoms with Crippen LogP contribution in [0.2, 0.25) is 0 Å². The predicted octanol–water partition coefficient (Wildman–Crippen LogP) is 2.72.